The number of nitro groups is 2. The van der Waals surface area contributed by atoms with Crippen molar-refractivity contribution in [2.45, 2.75) is 0 Å². The van der Waals surface area contributed by atoms with E-state index in [1.165, 1.54) is 18.2 Å². The van der Waals surface area contributed by atoms with Gasteiger partial charge in [-0.1, -0.05) is 12.1 Å². The lowest BCUT2D eigenvalue weighted by Gasteiger charge is -2.02. The molecule has 0 amide bonds. The van der Waals surface area contributed by atoms with Gasteiger partial charge in [0.15, 0.2) is 0 Å². The highest BCUT2D eigenvalue weighted by molar-refractivity contribution is 6.01. The topological polar surface area (TPSA) is 124 Å². The van der Waals surface area contributed by atoms with Crippen molar-refractivity contribution >= 4 is 28.1 Å². The summed E-state index contributed by atoms with van der Waals surface area (Å²) in [5.74, 6) is -1.46. The van der Waals surface area contributed by atoms with E-state index in [1.807, 2.05) is 0 Å². The monoisotopic (exact) mass is 262 g/mol. The van der Waals surface area contributed by atoms with Gasteiger partial charge in [-0.15, -0.1) is 0 Å². The highest BCUT2D eigenvalue weighted by Gasteiger charge is 2.23. The average molecular weight is 262 g/mol. The van der Waals surface area contributed by atoms with E-state index in [-0.39, 0.29) is 16.5 Å². The van der Waals surface area contributed by atoms with Crippen LogP contribution in [0, 0.1) is 20.2 Å². The Morgan fingerprint density at radius 2 is 1.68 bits per heavy atom. The van der Waals surface area contributed by atoms with Crippen LogP contribution in [0.2, 0.25) is 0 Å². The minimum Gasteiger partial charge on any atom is -0.477 e. The molecule has 0 aliphatic heterocycles. The van der Waals surface area contributed by atoms with E-state index < -0.39 is 27.1 Å². The van der Waals surface area contributed by atoms with E-state index >= 15 is 0 Å². The molecule has 0 fully saturated rings. The molecule has 19 heavy (non-hydrogen) atoms. The number of carbonyl (C=O) groups is 1. The van der Waals surface area contributed by atoms with Crippen LogP contribution in [0.4, 0.5) is 11.4 Å². The third kappa shape index (κ3) is 2.06. The average Bonchev–Trinajstić information content (AvgIpc) is 2.35. The van der Waals surface area contributed by atoms with Gasteiger partial charge in [-0.05, 0) is 11.5 Å². The van der Waals surface area contributed by atoms with E-state index in [4.69, 9.17) is 5.11 Å². The maximum absolute atomic E-state index is 11.0. The second kappa shape index (κ2) is 4.33. The largest absolute Gasteiger partial charge is 0.477 e. The maximum atomic E-state index is 11.0. The quantitative estimate of drug-likeness (QED) is 0.668. The molecule has 0 aromatic heterocycles. The first-order chi connectivity index (χ1) is 8.91. The third-order valence-electron chi connectivity index (χ3n) is 2.60. The molecule has 1 N–H and O–H groups in total. The van der Waals surface area contributed by atoms with Crippen LogP contribution in [-0.4, -0.2) is 20.9 Å². The minimum absolute atomic E-state index is 0.0317. The van der Waals surface area contributed by atoms with Crippen molar-refractivity contribution in [1.82, 2.24) is 0 Å². The second-order valence-corrected chi connectivity index (χ2v) is 3.69. The number of nitrogens with zero attached hydrogens (tertiary/aromatic N) is 2. The number of carboxylic acids is 1. The van der Waals surface area contributed by atoms with Crippen LogP contribution in [0.3, 0.4) is 0 Å². The smallest absolute Gasteiger partial charge is 0.342 e. The lowest BCUT2D eigenvalue weighted by atomic mass is 10.0. The number of hydrogen-bond acceptors (Lipinski definition) is 5. The predicted molar refractivity (Wildman–Crippen MR) is 64.2 cm³/mol. The molecule has 0 spiro atoms. The van der Waals surface area contributed by atoms with E-state index in [1.54, 1.807) is 0 Å². The van der Waals surface area contributed by atoms with Crippen LogP contribution in [0.5, 0.6) is 0 Å². The van der Waals surface area contributed by atoms with Gasteiger partial charge in [0.2, 0.25) is 0 Å². The molecular weight excluding hydrogens is 256 g/mol. The minimum atomic E-state index is -1.46. The molecule has 0 unspecified atom stereocenters. The summed E-state index contributed by atoms with van der Waals surface area (Å²) in [6.45, 7) is 0. The van der Waals surface area contributed by atoms with E-state index in [2.05, 4.69) is 0 Å². The Morgan fingerprint density at radius 1 is 1.05 bits per heavy atom. The molecule has 8 heteroatoms. The number of nitro benzene ring substituents is 2. The summed E-state index contributed by atoms with van der Waals surface area (Å²) in [6, 6.07) is 6.02. The number of non-ortho nitro benzene ring substituents is 1. The van der Waals surface area contributed by atoms with Gasteiger partial charge in [0.1, 0.15) is 5.56 Å². The predicted octanol–water partition coefficient (Wildman–Crippen LogP) is 2.35. The van der Waals surface area contributed by atoms with Gasteiger partial charge in [-0.2, -0.15) is 0 Å². The second-order valence-electron chi connectivity index (χ2n) is 3.69. The van der Waals surface area contributed by atoms with Crippen molar-refractivity contribution < 1.29 is 19.7 Å². The van der Waals surface area contributed by atoms with Crippen LogP contribution in [0.1, 0.15) is 10.4 Å². The van der Waals surface area contributed by atoms with Crippen LogP contribution in [0.25, 0.3) is 10.8 Å². The van der Waals surface area contributed by atoms with E-state index in [9.17, 15) is 25.0 Å². The maximum Gasteiger partial charge on any atom is 0.342 e. The van der Waals surface area contributed by atoms with Gasteiger partial charge in [-0.25, -0.2) is 4.79 Å². The third-order valence-corrected chi connectivity index (χ3v) is 2.60. The van der Waals surface area contributed by atoms with E-state index in [0.29, 0.717) is 0 Å². The van der Waals surface area contributed by atoms with Crippen molar-refractivity contribution in [2.24, 2.45) is 0 Å². The summed E-state index contributed by atoms with van der Waals surface area (Å²) in [5.41, 5.74) is -1.48. The van der Waals surface area contributed by atoms with Crippen molar-refractivity contribution in [1.29, 1.82) is 0 Å². The van der Waals surface area contributed by atoms with E-state index in [0.717, 1.165) is 12.1 Å². The molecule has 0 aliphatic rings. The molecular formula is C11H6N2O6. The number of rotatable bonds is 3. The number of fused-ring (bicyclic) bond motifs is 1. The molecule has 0 heterocycles. The molecule has 8 nitrogen and oxygen atoms in total. The molecule has 2 rings (SSSR count). The highest BCUT2D eigenvalue weighted by atomic mass is 16.6. The highest BCUT2D eigenvalue weighted by Crippen LogP contribution is 2.31. The Kier molecular flexibility index (Phi) is 2.83. The van der Waals surface area contributed by atoms with Gasteiger partial charge < -0.3 is 5.11 Å². The molecule has 0 bridgehead atoms. The standard InChI is InChI=1S/C11H6N2O6/c14-11(15)8-4-6-2-1-3-9(12(16)17)7(6)5-10(8)13(18)19/h1-5H,(H,14,15). The van der Waals surface area contributed by atoms with Crippen molar-refractivity contribution in [3.8, 4) is 0 Å². The van der Waals surface area contributed by atoms with Crippen LogP contribution < -0.4 is 0 Å². The fraction of sp³-hybridized carbons (Fsp3) is 0. The number of hydrogen-bond donors (Lipinski definition) is 1. The van der Waals surface area contributed by atoms with Gasteiger partial charge in [0.25, 0.3) is 11.4 Å². The Hall–Kier alpha value is -3.03. The van der Waals surface area contributed by atoms with Gasteiger partial charge >= 0.3 is 5.97 Å². The molecule has 0 saturated carbocycles. The lowest BCUT2D eigenvalue weighted by Crippen LogP contribution is -2.03. The molecule has 2 aromatic carbocycles. The number of carboxylic acid groups (broad SMARTS) is 1. The summed E-state index contributed by atoms with van der Waals surface area (Å²) >= 11 is 0. The summed E-state index contributed by atoms with van der Waals surface area (Å²) < 4.78 is 0. The van der Waals surface area contributed by atoms with Gasteiger partial charge in [0.05, 0.1) is 15.2 Å². The Bertz CT molecular complexity index is 724. The van der Waals surface area contributed by atoms with Crippen LogP contribution >= 0.6 is 0 Å². The molecule has 0 atom stereocenters. The summed E-state index contributed by atoms with van der Waals surface area (Å²) in [5, 5.41) is 30.9. The zero-order valence-electron chi connectivity index (χ0n) is 9.27. The SMILES string of the molecule is O=C(O)c1cc2cccc([N+](=O)[O-])c2cc1[N+](=O)[O-]. The van der Waals surface area contributed by atoms with Crippen LogP contribution in [0.15, 0.2) is 30.3 Å². The van der Waals surface area contributed by atoms with Gasteiger partial charge in [0, 0.05) is 12.1 Å². The van der Waals surface area contributed by atoms with Crippen molar-refractivity contribution in [2.75, 3.05) is 0 Å². The molecule has 2 aromatic rings. The molecule has 0 radical (unpaired) electrons. The first-order valence-corrected chi connectivity index (χ1v) is 5.00. The van der Waals surface area contributed by atoms with Crippen molar-refractivity contribution in [3.05, 3.63) is 56.1 Å². The molecule has 0 aliphatic carbocycles. The van der Waals surface area contributed by atoms with Gasteiger partial charge in [-0.3, -0.25) is 20.2 Å². The lowest BCUT2D eigenvalue weighted by molar-refractivity contribution is -0.386. The summed E-state index contributed by atoms with van der Waals surface area (Å²) in [4.78, 5) is 31.1. The first kappa shape index (κ1) is 12.4. The Morgan fingerprint density at radius 3 is 2.21 bits per heavy atom. The van der Waals surface area contributed by atoms with Crippen molar-refractivity contribution in [3.63, 3.8) is 0 Å². The number of aromatic carboxylic acids is 1. The Labute approximate surface area is 105 Å². The fourth-order valence-corrected chi connectivity index (χ4v) is 1.78. The number of benzene rings is 2. The first-order valence-electron chi connectivity index (χ1n) is 5.00. The zero-order chi connectivity index (χ0) is 14.2. The molecule has 96 valence electrons. The fourth-order valence-electron chi connectivity index (χ4n) is 1.78. The zero-order valence-corrected chi connectivity index (χ0v) is 9.27. The molecule has 0 saturated heterocycles. The van der Waals surface area contributed by atoms with Crippen LogP contribution in [-0.2, 0) is 0 Å². The summed E-state index contributed by atoms with van der Waals surface area (Å²) in [6.07, 6.45) is 0. The normalized spacial score (nSPS) is 10.3. The summed E-state index contributed by atoms with van der Waals surface area (Å²) in [7, 11) is 0. The Balaban J connectivity index is 2.89.